The van der Waals surface area contributed by atoms with E-state index < -0.39 is 0 Å². The van der Waals surface area contributed by atoms with Crippen molar-refractivity contribution >= 4 is 17.0 Å². The SMILES string of the molecule is COC(=O)CCCCCc1nc2ccccc2nc1C. The summed E-state index contributed by atoms with van der Waals surface area (Å²) in [4.78, 5) is 20.2. The van der Waals surface area contributed by atoms with E-state index in [4.69, 9.17) is 0 Å². The number of hydrogen-bond donors (Lipinski definition) is 0. The van der Waals surface area contributed by atoms with E-state index in [1.807, 2.05) is 31.2 Å². The van der Waals surface area contributed by atoms with Gasteiger partial charge in [-0.1, -0.05) is 18.6 Å². The minimum absolute atomic E-state index is 0.133. The molecule has 2 rings (SSSR count). The predicted molar refractivity (Wildman–Crippen MR) is 78.5 cm³/mol. The van der Waals surface area contributed by atoms with E-state index in [2.05, 4.69) is 14.7 Å². The van der Waals surface area contributed by atoms with Gasteiger partial charge in [-0.25, -0.2) is 9.97 Å². The molecule has 0 atom stereocenters. The Balaban J connectivity index is 1.89. The molecule has 4 heteroatoms. The van der Waals surface area contributed by atoms with Crippen LogP contribution in [-0.2, 0) is 16.0 Å². The van der Waals surface area contributed by atoms with Gasteiger partial charge in [0.05, 0.1) is 29.5 Å². The fraction of sp³-hybridized carbons (Fsp3) is 0.438. The summed E-state index contributed by atoms with van der Waals surface area (Å²) < 4.78 is 4.62. The van der Waals surface area contributed by atoms with Gasteiger partial charge in [0, 0.05) is 6.42 Å². The summed E-state index contributed by atoms with van der Waals surface area (Å²) in [5, 5.41) is 0. The number of aryl methyl sites for hydroxylation is 2. The van der Waals surface area contributed by atoms with Crippen LogP contribution in [0.25, 0.3) is 11.0 Å². The molecule has 0 spiro atoms. The van der Waals surface area contributed by atoms with Crippen molar-refractivity contribution < 1.29 is 9.53 Å². The third-order valence-corrected chi connectivity index (χ3v) is 3.37. The van der Waals surface area contributed by atoms with Gasteiger partial charge in [0.2, 0.25) is 0 Å². The van der Waals surface area contributed by atoms with Gasteiger partial charge >= 0.3 is 5.97 Å². The van der Waals surface area contributed by atoms with Crippen molar-refractivity contribution in [3.05, 3.63) is 35.7 Å². The summed E-state index contributed by atoms with van der Waals surface area (Å²) in [6.45, 7) is 2.00. The maximum Gasteiger partial charge on any atom is 0.305 e. The molecular formula is C16H20N2O2. The number of methoxy groups -OCH3 is 1. The fourth-order valence-electron chi connectivity index (χ4n) is 2.20. The van der Waals surface area contributed by atoms with E-state index in [1.165, 1.54) is 7.11 Å². The molecule has 0 aliphatic heterocycles. The van der Waals surface area contributed by atoms with E-state index in [9.17, 15) is 4.79 Å². The summed E-state index contributed by atoms with van der Waals surface area (Å²) in [7, 11) is 1.43. The number of esters is 1. The quantitative estimate of drug-likeness (QED) is 0.598. The largest absolute Gasteiger partial charge is 0.469 e. The van der Waals surface area contributed by atoms with Gasteiger partial charge in [0.1, 0.15) is 0 Å². The molecule has 2 aromatic rings. The molecular weight excluding hydrogens is 252 g/mol. The monoisotopic (exact) mass is 272 g/mol. The van der Waals surface area contributed by atoms with Gasteiger partial charge in [-0.05, 0) is 38.3 Å². The molecule has 0 bridgehead atoms. The van der Waals surface area contributed by atoms with Crippen molar-refractivity contribution in [2.24, 2.45) is 0 Å². The number of carbonyl (C=O) groups is 1. The number of hydrogen-bond acceptors (Lipinski definition) is 4. The number of fused-ring (bicyclic) bond motifs is 1. The van der Waals surface area contributed by atoms with E-state index in [0.29, 0.717) is 6.42 Å². The first-order chi connectivity index (χ1) is 9.70. The molecule has 1 aromatic heterocycles. The molecule has 0 unspecified atom stereocenters. The first-order valence-corrected chi connectivity index (χ1v) is 7.00. The van der Waals surface area contributed by atoms with E-state index in [-0.39, 0.29) is 5.97 Å². The maximum absolute atomic E-state index is 11.0. The molecule has 20 heavy (non-hydrogen) atoms. The lowest BCUT2D eigenvalue weighted by Gasteiger charge is -2.06. The van der Waals surface area contributed by atoms with E-state index in [0.717, 1.165) is 48.1 Å². The average Bonchev–Trinajstić information content (AvgIpc) is 2.47. The van der Waals surface area contributed by atoms with Crippen molar-refractivity contribution in [2.75, 3.05) is 7.11 Å². The lowest BCUT2D eigenvalue weighted by Crippen LogP contribution is -2.01. The predicted octanol–water partition coefficient (Wildman–Crippen LogP) is 3.21. The highest BCUT2D eigenvalue weighted by Crippen LogP contribution is 2.14. The summed E-state index contributed by atoms with van der Waals surface area (Å²) in [6.07, 6.45) is 4.30. The first-order valence-electron chi connectivity index (χ1n) is 7.00. The summed E-state index contributed by atoms with van der Waals surface area (Å²) in [6, 6.07) is 7.92. The van der Waals surface area contributed by atoms with Crippen LogP contribution in [0.3, 0.4) is 0 Å². The molecule has 1 heterocycles. The number of unbranched alkanes of at least 4 members (excludes halogenated alkanes) is 2. The lowest BCUT2D eigenvalue weighted by atomic mass is 10.1. The molecule has 1 aromatic carbocycles. The van der Waals surface area contributed by atoms with Gasteiger partial charge in [-0.2, -0.15) is 0 Å². The van der Waals surface area contributed by atoms with E-state index in [1.54, 1.807) is 0 Å². The number of carbonyl (C=O) groups excluding carboxylic acids is 1. The van der Waals surface area contributed by atoms with Crippen molar-refractivity contribution in [1.29, 1.82) is 0 Å². The summed E-state index contributed by atoms with van der Waals surface area (Å²) in [5.41, 5.74) is 3.94. The second-order valence-electron chi connectivity index (χ2n) is 4.88. The molecule has 4 nitrogen and oxygen atoms in total. The van der Waals surface area contributed by atoms with Gasteiger partial charge in [-0.3, -0.25) is 4.79 Å². The average molecular weight is 272 g/mol. The third kappa shape index (κ3) is 3.76. The Morgan fingerprint density at radius 1 is 1.10 bits per heavy atom. The first kappa shape index (κ1) is 14.4. The highest BCUT2D eigenvalue weighted by Gasteiger charge is 2.05. The minimum atomic E-state index is -0.133. The number of nitrogens with zero attached hydrogens (tertiary/aromatic N) is 2. The third-order valence-electron chi connectivity index (χ3n) is 3.37. The number of para-hydroxylation sites is 2. The fourth-order valence-corrected chi connectivity index (χ4v) is 2.20. The lowest BCUT2D eigenvalue weighted by molar-refractivity contribution is -0.140. The minimum Gasteiger partial charge on any atom is -0.469 e. The molecule has 0 fully saturated rings. The van der Waals surface area contributed by atoms with Gasteiger partial charge in [0.25, 0.3) is 0 Å². The van der Waals surface area contributed by atoms with Crippen LogP contribution in [0.5, 0.6) is 0 Å². The molecule has 0 aliphatic carbocycles. The number of aromatic nitrogens is 2. The zero-order chi connectivity index (χ0) is 14.4. The molecule has 106 valence electrons. The van der Waals surface area contributed by atoms with E-state index >= 15 is 0 Å². The van der Waals surface area contributed by atoms with Crippen molar-refractivity contribution in [3.8, 4) is 0 Å². The Morgan fingerprint density at radius 3 is 2.50 bits per heavy atom. The second kappa shape index (κ2) is 6.98. The Hall–Kier alpha value is -1.97. The smallest absolute Gasteiger partial charge is 0.305 e. The van der Waals surface area contributed by atoms with Crippen LogP contribution in [0, 0.1) is 6.92 Å². The zero-order valence-electron chi connectivity index (χ0n) is 12.1. The molecule has 0 N–H and O–H groups in total. The number of ether oxygens (including phenoxy) is 1. The standard InChI is InChI=1S/C16H20N2O2/c1-12-13(8-4-3-5-11-16(19)20-2)18-15-10-7-6-9-14(15)17-12/h6-7,9-10H,3-5,8,11H2,1-2H3. The topological polar surface area (TPSA) is 52.1 Å². The van der Waals surface area contributed by atoms with Gasteiger partial charge in [-0.15, -0.1) is 0 Å². The van der Waals surface area contributed by atoms with Crippen molar-refractivity contribution in [1.82, 2.24) is 9.97 Å². The van der Waals surface area contributed by atoms with Crippen molar-refractivity contribution in [3.63, 3.8) is 0 Å². The van der Waals surface area contributed by atoms with Crippen LogP contribution in [0.4, 0.5) is 0 Å². The van der Waals surface area contributed by atoms with Crippen LogP contribution in [0.15, 0.2) is 24.3 Å². The molecule has 0 amide bonds. The Labute approximate surface area is 119 Å². The summed E-state index contributed by atoms with van der Waals surface area (Å²) >= 11 is 0. The van der Waals surface area contributed by atoms with Crippen molar-refractivity contribution in [2.45, 2.75) is 39.0 Å². The zero-order valence-corrected chi connectivity index (χ0v) is 12.1. The van der Waals surface area contributed by atoms with Crippen LogP contribution in [0.1, 0.15) is 37.1 Å². The molecule has 0 saturated carbocycles. The Kier molecular flexibility index (Phi) is 5.04. The normalized spacial score (nSPS) is 10.7. The second-order valence-corrected chi connectivity index (χ2v) is 4.88. The highest BCUT2D eigenvalue weighted by molar-refractivity contribution is 5.74. The van der Waals surface area contributed by atoms with Gasteiger partial charge < -0.3 is 4.74 Å². The molecule has 0 aliphatic rings. The van der Waals surface area contributed by atoms with Crippen LogP contribution < -0.4 is 0 Å². The number of benzene rings is 1. The molecule has 0 saturated heterocycles. The number of rotatable bonds is 6. The van der Waals surface area contributed by atoms with Gasteiger partial charge in [0.15, 0.2) is 0 Å². The van der Waals surface area contributed by atoms with Crippen LogP contribution >= 0.6 is 0 Å². The highest BCUT2D eigenvalue weighted by atomic mass is 16.5. The molecule has 0 radical (unpaired) electrons. The van der Waals surface area contributed by atoms with Crippen LogP contribution in [-0.4, -0.2) is 23.0 Å². The van der Waals surface area contributed by atoms with Crippen LogP contribution in [0.2, 0.25) is 0 Å². The Morgan fingerprint density at radius 2 is 1.80 bits per heavy atom. The Bertz CT molecular complexity index is 596. The summed E-state index contributed by atoms with van der Waals surface area (Å²) in [5.74, 6) is -0.133. The maximum atomic E-state index is 11.0.